The molecule has 1 unspecified atom stereocenters. The fraction of sp³-hybridized carbons (Fsp3) is 0.182. The van der Waals surface area contributed by atoms with Crippen LogP contribution in [-0.4, -0.2) is 24.1 Å². The lowest BCUT2D eigenvalue weighted by atomic mass is 10.1. The number of hydrogen-bond donors (Lipinski definition) is 1. The molecule has 3 aromatic carbocycles. The average molecular weight is 392 g/mol. The van der Waals surface area contributed by atoms with Crippen molar-refractivity contribution in [3.05, 3.63) is 66.2 Å². The number of carbonyl (C=O) groups excluding carboxylic acids is 1. The fourth-order valence-corrected chi connectivity index (χ4v) is 3.87. The van der Waals surface area contributed by atoms with E-state index in [1.807, 2.05) is 48.5 Å². The van der Waals surface area contributed by atoms with E-state index in [1.54, 1.807) is 14.0 Å². The second-order valence-corrected chi connectivity index (χ2v) is 7.48. The molecule has 6 heteroatoms. The van der Waals surface area contributed by atoms with E-state index in [0.29, 0.717) is 11.7 Å². The van der Waals surface area contributed by atoms with E-state index in [1.165, 1.54) is 11.3 Å². The topological polar surface area (TPSA) is 60.5 Å². The molecule has 5 nitrogen and oxygen atoms in total. The van der Waals surface area contributed by atoms with E-state index < -0.39 is 6.10 Å². The second-order valence-electron chi connectivity index (χ2n) is 6.45. The monoisotopic (exact) mass is 392 g/mol. The third-order valence-electron chi connectivity index (χ3n) is 4.52. The van der Waals surface area contributed by atoms with Crippen molar-refractivity contribution in [1.29, 1.82) is 0 Å². The minimum Gasteiger partial charge on any atom is -0.497 e. The summed E-state index contributed by atoms with van der Waals surface area (Å²) < 4.78 is 12.0. The molecule has 0 saturated heterocycles. The van der Waals surface area contributed by atoms with Gasteiger partial charge in [0.25, 0.3) is 5.91 Å². The van der Waals surface area contributed by atoms with Gasteiger partial charge in [0.1, 0.15) is 11.9 Å². The summed E-state index contributed by atoms with van der Waals surface area (Å²) in [6, 6.07) is 19.8. The van der Waals surface area contributed by atoms with Crippen molar-refractivity contribution in [2.24, 2.45) is 0 Å². The van der Waals surface area contributed by atoms with Crippen LogP contribution in [-0.2, 0) is 16.1 Å². The number of rotatable bonds is 6. The first-order valence-corrected chi connectivity index (χ1v) is 9.79. The number of aromatic nitrogens is 1. The van der Waals surface area contributed by atoms with E-state index in [0.717, 1.165) is 32.3 Å². The Hall–Kier alpha value is -2.96. The predicted molar refractivity (Wildman–Crippen MR) is 113 cm³/mol. The number of fused-ring (bicyclic) bond motifs is 3. The van der Waals surface area contributed by atoms with Gasteiger partial charge in [-0.15, -0.1) is 0 Å². The molecule has 0 aliphatic rings. The van der Waals surface area contributed by atoms with Gasteiger partial charge in [0.15, 0.2) is 5.13 Å². The number of carbonyl (C=O) groups is 1. The maximum Gasteiger partial charge on any atom is 0.255 e. The summed E-state index contributed by atoms with van der Waals surface area (Å²) in [5.74, 6) is 0.547. The number of thiazole rings is 1. The SMILES string of the molecule is COc1cccc(COC(C)C(=O)Nc2nc3c(ccc4ccccc43)s2)c1. The summed E-state index contributed by atoms with van der Waals surface area (Å²) in [4.78, 5) is 17.1. The van der Waals surface area contributed by atoms with Gasteiger partial charge >= 0.3 is 0 Å². The Morgan fingerprint density at radius 1 is 1.14 bits per heavy atom. The minimum atomic E-state index is -0.602. The van der Waals surface area contributed by atoms with Crippen LogP contribution in [0.15, 0.2) is 60.7 Å². The highest BCUT2D eigenvalue weighted by Crippen LogP contribution is 2.31. The third kappa shape index (κ3) is 3.83. The van der Waals surface area contributed by atoms with E-state index in [9.17, 15) is 4.79 Å². The van der Waals surface area contributed by atoms with Gasteiger partial charge in [-0.25, -0.2) is 4.98 Å². The van der Waals surface area contributed by atoms with Crippen LogP contribution in [0.5, 0.6) is 5.75 Å². The third-order valence-corrected chi connectivity index (χ3v) is 5.45. The molecule has 1 atom stereocenters. The van der Waals surface area contributed by atoms with E-state index in [-0.39, 0.29) is 5.91 Å². The number of benzene rings is 3. The van der Waals surface area contributed by atoms with Crippen molar-refractivity contribution in [2.45, 2.75) is 19.6 Å². The first-order valence-electron chi connectivity index (χ1n) is 8.98. The zero-order valence-corrected chi connectivity index (χ0v) is 16.5. The number of methoxy groups -OCH3 is 1. The van der Waals surface area contributed by atoms with Gasteiger partial charge in [-0.1, -0.05) is 53.8 Å². The van der Waals surface area contributed by atoms with Crippen molar-refractivity contribution in [3.63, 3.8) is 0 Å². The van der Waals surface area contributed by atoms with Crippen molar-refractivity contribution < 1.29 is 14.3 Å². The van der Waals surface area contributed by atoms with Crippen LogP contribution in [0.2, 0.25) is 0 Å². The van der Waals surface area contributed by atoms with Gasteiger partial charge in [-0.3, -0.25) is 10.1 Å². The first-order chi connectivity index (χ1) is 13.6. The van der Waals surface area contributed by atoms with Gasteiger partial charge in [0, 0.05) is 5.39 Å². The molecule has 0 spiro atoms. The Bertz CT molecular complexity index is 1140. The molecule has 0 aliphatic carbocycles. The highest BCUT2D eigenvalue weighted by Gasteiger charge is 2.16. The Labute approximate surface area is 166 Å². The molecule has 0 saturated carbocycles. The standard InChI is InChI=1S/C22H20N2O3S/c1-14(27-13-15-6-5-8-17(12-15)26-2)21(25)24-22-23-20-18-9-4-3-7-16(18)10-11-19(20)28-22/h3-12,14H,13H2,1-2H3,(H,23,24,25). The molecule has 4 aromatic rings. The lowest BCUT2D eigenvalue weighted by molar-refractivity contribution is -0.127. The number of anilines is 1. The average Bonchev–Trinajstić information content (AvgIpc) is 3.15. The Kier molecular flexibility index (Phi) is 5.23. The van der Waals surface area contributed by atoms with Crippen molar-refractivity contribution in [2.75, 3.05) is 12.4 Å². The highest BCUT2D eigenvalue weighted by atomic mass is 32.1. The predicted octanol–water partition coefficient (Wildman–Crippen LogP) is 5.00. The molecule has 1 heterocycles. The summed E-state index contributed by atoms with van der Waals surface area (Å²) in [5, 5.41) is 5.67. The van der Waals surface area contributed by atoms with Crippen LogP contribution in [0.25, 0.3) is 21.0 Å². The van der Waals surface area contributed by atoms with E-state index in [2.05, 4.69) is 22.4 Å². The summed E-state index contributed by atoms with van der Waals surface area (Å²) in [7, 11) is 1.62. The molecule has 1 amide bonds. The van der Waals surface area contributed by atoms with Crippen molar-refractivity contribution >= 4 is 43.4 Å². The zero-order valence-electron chi connectivity index (χ0n) is 15.6. The van der Waals surface area contributed by atoms with Crippen LogP contribution in [0.4, 0.5) is 5.13 Å². The van der Waals surface area contributed by atoms with Gasteiger partial charge in [-0.05, 0) is 36.1 Å². The lowest BCUT2D eigenvalue weighted by Gasteiger charge is -2.12. The molecule has 0 bridgehead atoms. The highest BCUT2D eigenvalue weighted by molar-refractivity contribution is 7.22. The molecule has 0 radical (unpaired) electrons. The molecule has 1 N–H and O–H groups in total. The number of nitrogens with zero attached hydrogens (tertiary/aromatic N) is 1. The normalized spacial score (nSPS) is 12.2. The lowest BCUT2D eigenvalue weighted by Crippen LogP contribution is -2.27. The van der Waals surface area contributed by atoms with E-state index in [4.69, 9.17) is 9.47 Å². The summed E-state index contributed by atoms with van der Waals surface area (Å²) >= 11 is 1.46. The Morgan fingerprint density at radius 3 is 2.86 bits per heavy atom. The van der Waals surface area contributed by atoms with E-state index >= 15 is 0 Å². The van der Waals surface area contributed by atoms with Crippen molar-refractivity contribution in [3.8, 4) is 5.75 Å². The molecule has 0 aliphatic heterocycles. The van der Waals surface area contributed by atoms with Crippen LogP contribution in [0.3, 0.4) is 0 Å². The van der Waals surface area contributed by atoms with Gasteiger partial charge in [-0.2, -0.15) is 0 Å². The van der Waals surface area contributed by atoms with Gasteiger partial charge in [0.05, 0.1) is 23.9 Å². The maximum absolute atomic E-state index is 12.5. The van der Waals surface area contributed by atoms with Crippen LogP contribution >= 0.6 is 11.3 Å². The van der Waals surface area contributed by atoms with Crippen LogP contribution in [0.1, 0.15) is 12.5 Å². The summed E-state index contributed by atoms with van der Waals surface area (Å²) in [6.07, 6.45) is -0.602. The van der Waals surface area contributed by atoms with Crippen LogP contribution in [0, 0.1) is 0 Å². The summed E-state index contributed by atoms with van der Waals surface area (Å²) in [6.45, 7) is 2.06. The zero-order chi connectivity index (χ0) is 19.5. The number of amides is 1. The molecule has 1 aromatic heterocycles. The Balaban J connectivity index is 1.44. The Morgan fingerprint density at radius 2 is 2.00 bits per heavy atom. The van der Waals surface area contributed by atoms with Gasteiger partial charge in [0.2, 0.25) is 0 Å². The molecule has 142 valence electrons. The maximum atomic E-state index is 12.5. The second kappa shape index (κ2) is 7.96. The molecular weight excluding hydrogens is 372 g/mol. The minimum absolute atomic E-state index is 0.216. The number of nitrogens with one attached hydrogen (secondary N) is 1. The van der Waals surface area contributed by atoms with Crippen LogP contribution < -0.4 is 10.1 Å². The fourth-order valence-electron chi connectivity index (χ4n) is 2.98. The largest absolute Gasteiger partial charge is 0.497 e. The number of hydrogen-bond acceptors (Lipinski definition) is 5. The molecule has 4 rings (SSSR count). The first kappa shape index (κ1) is 18.4. The number of ether oxygens (including phenoxy) is 2. The molecule has 28 heavy (non-hydrogen) atoms. The molecular formula is C22H20N2O3S. The molecule has 0 fully saturated rings. The van der Waals surface area contributed by atoms with Gasteiger partial charge < -0.3 is 9.47 Å². The smallest absolute Gasteiger partial charge is 0.255 e. The quantitative estimate of drug-likeness (QED) is 0.501. The summed E-state index contributed by atoms with van der Waals surface area (Å²) in [5.41, 5.74) is 1.86. The van der Waals surface area contributed by atoms with Crippen molar-refractivity contribution in [1.82, 2.24) is 4.98 Å².